The minimum absolute atomic E-state index is 0.102. The number of hydrogen-bond acceptors (Lipinski definition) is 1. The Kier molecular flexibility index (Phi) is 6.45. The fraction of sp³-hybridized carbons (Fsp3) is 1.00. The van der Waals surface area contributed by atoms with E-state index in [9.17, 15) is 0 Å². The SMILES string of the molecule is CCCCCC(C)(N)CCCC. The van der Waals surface area contributed by atoms with Crippen LogP contribution < -0.4 is 5.73 Å². The van der Waals surface area contributed by atoms with Crippen LogP contribution >= 0.6 is 0 Å². The summed E-state index contributed by atoms with van der Waals surface area (Å²) in [7, 11) is 0. The van der Waals surface area contributed by atoms with Gasteiger partial charge in [-0.1, -0.05) is 46.0 Å². The van der Waals surface area contributed by atoms with E-state index >= 15 is 0 Å². The Hall–Kier alpha value is -0.0400. The third kappa shape index (κ3) is 6.66. The molecule has 1 unspecified atom stereocenters. The van der Waals surface area contributed by atoms with E-state index in [0.717, 1.165) is 0 Å². The summed E-state index contributed by atoms with van der Waals surface area (Å²) in [5.74, 6) is 0. The van der Waals surface area contributed by atoms with E-state index < -0.39 is 0 Å². The third-order valence-electron chi connectivity index (χ3n) is 2.45. The van der Waals surface area contributed by atoms with Crippen LogP contribution in [0.2, 0.25) is 0 Å². The van der Waals surface area contributed by atoms with Gasteiger partial charge in [0, 0.05) is 5.54 Å². The van der Waals surface area contributed by atoms with E-state index in [-0.39, 0.29) is 5.54 Å². The molecular weight excluding hydrogens is 146 g/mol. The summed E-state index contributed by atoms with van der Waals surface area (Å²) in [6, 6.07) is 0. The largest absolute Gasteiger partial charge is 0.325 e. The molecule has 0 radical (unpaired) electrons. The number of unbranched alkanes of at least 4 members (excludes halogenated alkanes) is 3. The van der Waals surface area contributed by atoms with E-state index in [4.69, 9.17) is 5.73 Å². The highest BCUT2D eigenvalue weighted by Crippen LogP contribution is 2.18. The topological polar surface area (TPSA) is 26.0 Å². The Labute approximate surface area is 77.7 Å². The van der Waals surface area contributed by atoms with E-state index in [1.807, 2.05) is 0 Å². The minimum atomic E-state index is 0.102. The van der Waals surface area contributed by atoms with Crippen molar-refractivity contribution in [1.29, 1.82) is 0 Å². The van der Waals surface area contributed by atoms with Gasteiger partial charge in [-0.25, -0.2) is 0 Å². The molecule has 0 bridgehead atoms. The van der Waals surface area contributed by atoms with Crippen LogP contribution in [0.25, 0.3) is 0 Å². The summed E-state index contributed by atoms with van der Waals surface area (Å²) < 4.78 is 0. The van der Waals surface area contributed by atoms with Crippen molar-refractivity contribution in [2.75, 3.05) is 0 Å². The van der Waals surface area contributed by atoms with Gasteiger partial charge in [0.05, 0.1) is 0 Å². The van der Waals surface area contributed by atoms with Crippen LogP contribution in [-0.4, -0.2) is 5.54 Å². The van der Waals surface area contributed by atoms with Crippen molar-refractivity contribution in [3.8, 4) is 0 Å². The average Bonchev–Trinajstić information content (AvgIpc) is 2.01. The first-order chi connectivity index (χ1) is 5.62. The fourth-order valence-electron chi connectivity index (χ4n) is 1.48. The summed E-state index contributed by atoms with van der Waals surface area (Å²) in [4.78, 5) is 0. The van der Waals surface area contributed by atoms with Gasteiger partial charge in [-0.2, -0.15) is 0 Å². The Morgan fingerprint density at radius 1 is 0.917 bits per heavy atom. The maximum Gasteiger partial charge on any atom is 0.0125 e. The maximum atomic E-state index is 6.14. The monoisotopic (exact) mass is 171 g/mol. The summed E-state index contributed by atoms with van der Waals surface area (Å²) >= 11 is 0. The number of nitrogens with two attached hydrogens (primary N) is 1. The lowest BCUT2D eigenvalue weighted by Crippen LogP contribution is -2.35. The molecule has 0 aliphatic heterocycles. The van der Waals surface area contributed by atoms with Crippen LogP contribution in [0.15, 0.2) is 0 Å². The first-order valence-corrected chi connectivity index (χ1v) is 5.41. The Morgan fingerprint density at radius 3 is 1.92 bits per heavy atom. The molecule has 12 heavy (non-hydrogen) atoms. The second-order valence-electron chi connectivity index (χ2n) is 4.21. The number of rotatable bonds is 7. The van der Waals surface area contributed by atoms with Crippen molar-refractivity contribution < 1.29 is 0 Å². The number of hydrogen-bond donors (Lipinski definition) is 1. The smallest absolute Gasteiger partial charge is 0.0125 e. The van der Waals surface area contributed by atoms with Gasteiger partial charge in [-0.15, -0.1) is 0 Å². The minimum Gasteiger partial charge on any atom is -0.325 e. The highest BCUT2D eigenvalue weighted by atomic mass is 14.7. The summed E-state index contributed by atoms with van der Waals surface area (Å²) in [6.45, 7) is 6.65. The van der Waals surface area contributed by atoms with E-state index in [0.29, 0.717) is 0 Å². The molecule has 2 N–H and O–H groups in total. The molecule has 0 aromatic rings. The molecule has 0 saturated carbocycles. The molecule has 0 spiro atoms. The van der Waals surface area contributed by atoms with Gasteiger partial charge in [-0.3, -0.25) is 0 Å². The lowest BCUT2D eigenvalue weighted by Gasteiger charge is -2.24. The molecule has 0 aromatic heterocycles. The molecular formula is C11H25N. The Morgan fingerprint density at radius 2 is 1.42 bits per heavy atom. The standard InChI is InChI=1S/C11H25N/c1-4-6-8-10-11(3,12)9-7-5-2/h4-10,12H2,1-3H3. The van der Waals surface area contributed by atoms with Crippen LogP contribution in [-0.2, 0) is 0 Å². The first-order valence-electron chi connectivity index (χ1n) is 5.41. The van der Waals surface area contributed by atoms with Gasteiger partial charge < -0.3 is 5.73 Å². The van der Waals surface area contributed by atoms with Crippen LogP contribution in [0.5, 0.6) is 0 Å². The van der Waals surface area contributed by atoms with Crippen molar-refractivity contribution in [3.63, 3.8) is 0 Å². The molecule has 0 fully saturated rings. The van der Waals surface area contributed by atoms with Crippen molar-refractivity contribution in [2.45, 2.75) is 71.3 Å². The molecule has 0 aliphatic carbocycles. The van der Waals surface area contributed by atoms with Crippen molar-refractivity contribution in [2.24, 2.45) is 5.73 Å². The maximum absolute atomic E-state index is 6.14. The van der Waals surface area contributed by atoms with Crippen LogP contribution in [0, 0.1) is 0 Å². The summed E-state index contributed by atoms with van der Waals surface area (Å²) in [5.41, 5.74) is 6.25. The highest BCUT2D eigenvalue weighted by Gasteiger charge is 2.16. The molecule has 0 amide bonds. The molecule has 1 nitrogen and oxygen atoms in total. The lowest BCUT2D eigenvalue weighted by atomic mass is 9.90. The zero-order valence-corrected chi connectivity index (χ0v) is 9.03. The lowest BCUT2D eigenvalue weighted by molar-refractivity contribution is 0.372. The Bertz CT molecular complexity index is 97.2. The summed E-state index contributed by atoms with van der Waals surface area (Å²) in [5, 5.41) is 0. The van der Waals surface area contributed by atoms with E-state index in [1.165, 1.54) is 44.9 Å². The normalized spacial score (nSPS) is 16.0. The van der Waals surface area contributed by atoms with Gasteiger partial charge in [0.25, 0.3) is 0 Å². The van der Waals surface area contributed by atoms with Gasteiger partial charge in [0.1, 0.15) is 0 Å². The van der Waals surface area contributed by atoms with Gasteiger partial charge in [-0.05, 0) is 19.8 Å². The Balaban J connectivity index is 3.42. The molecule has 74 valence electrons. The van der Waals surface area contributed by atoms with Gasteiger partial charge >= 0.3 is 0 Å². The average molecular weight is 171 g/mol. The zero-order valence-electron chi connectivity index (χ0n) is 9.03. The van der Waals surface area contributed by atoms with Crippen LogP contribution in [0.3, 0.4) is 0 Å². The first kappa shape index (κ1) is 12.0. The van der Waals surface area contributed by atoms with Gasteiger partial charge in [0.2, 0.25) is 0 Å². The predicted octanol–water partition coefficient (Wildman–Crippen LogP) is 3.47. The quantitative estimate of drug-likeness (QED) is 0.583. The van der Waals surface area contributed by atoms with Crippen molar-refractivity contribution >= 4 is 0 Å². The third-order valence-corrected chi connectivity index (χ3v) is 2.45. The molecule has 0 rings (SSSR count). The summed E-state index contributed by atoms with van der Waals surface area (Å²) in [6.07, 6.45) is 8.85. The molecule has 1 atom stereocenters. The zero-order chi connectivity index (χ0) is 9.45. The molecule has 1 heteroatoms. The van der Waals surface area contributed by atoms with Crippen molar-refractivity contribution in [1.82, 2.24) is 0 Å². The predicted molar refractivity (Wildman–Crippen MR) is 56.3 cm³/mol. The molecule has 0 saturated heterocycles. The van der Waals surface area contributed by atoms with Crippen molar-refractivity contribution in [3.05, 3.63) is 0 Å². The second-order valence-corrected chi connectivity index (χ2v) is 4.21. The fourth-order valence-corrected chi connectivity index (χ4v) is 1.48. The van der Waals surface area contributed by atoms with Crippen LogP contribution in [0.4, 0.5) is 0 Å². The van der Waals surface area contributed by atoms with Gasteiger partial charge in [0.15, 0.2) is 0 Å². The van der Waals surface area contributed by atoms with Crippen LogP contribution in [0.1, 0.15) is 65.7 Å². The van der Waals surface area contributed by atoms with E-state index in [2.05, 4.69) is 20.8 Å². The van der Waals surface area contributed by atoms with E-state index in [1.54, 1.807) is 0 Å². The molecule has 0 heterocycles. The highest BCUT2D eigenvalue weighted by molar-refractivity contribution is 4.77. The molecule has 0 aliphatic rings. The molecule has 0 aromatic carbocycles. The second kappa shape index (κ2) is 6.47.